The number of para-hydroxylation sites is 4. The molecule has 0 saturated heterocycles. The molecule has 12 aromatic carbocycles. The van der Waals surface area contributed by atoms with Gasteiger partial charge in [-0.15, -0.1) is 0 Å². The number of hydrogen-bond donors (Lipinski definition) is 0. The Morgan fingerprint density at radius 1 is 0.310 bits per heavy atom. The number of aromatic nitrogens is 2. The normalized spacial score (nSPS) is 15.9. The maximum absolute atomic E-state index is 15.8. The second-order valence-electron chi connectivity index (χ2n) is 23.4. The summed E-state index contributed by atoms with van der Waals surface area (Å²) in [5, 5.41) is 23.0. The van der Waals surface area contributed by atoms with E-state index in [2.05, 4.69) is 295 Å². The Balaban J connectivity index is 0.924. The van der Waals surface area contributed by atoms with Crippen molar-refractivity contribution in [1.29, 1.82) is 0 Å². The van der Waals surface area contributed by atoms with E-state index in [4.69, 9.17) is 0 Å². The van der Waals surface area contributed by atoms with Crippen molar-refractivity contribution < 1.29 is 4.79 Å². The zero-order chi connectivity index (χ0) is 55.3. The lowest BCUT2D eigenvalue weighted by Crippen LogP contribution is -2.07. The Hall–Kier alpha value is -10.6. The van der Waals surface area contributed by atoms with E-state index in [0.29, 0.717) is 28.9 Å². The number of nitrogens with zero attached hydrogens (tertiary/aromatic N) is 2. The summed E-state index contributed by atoms with van der Waals surface area (Å²) in [6, 6.07) is 95.4. The predicted octanol–water partition coefficient (Wildman–Crippen LogP) is 17.9. The van der Waals surface area contributed by atoms with Gasteiger partial charge in [0.05, 0.1) is 22.1 Å². The van der Waals surface area contributed by atoms with Crippen LogP contribution in [0.1, 0.15) is 34.3 Å². The van der Waals surface area contributed by atoms with Crippen molar-refractivity contribution in [2.45, 2.75) is 12.8 Å². The number of hydrogen-bond acceptors (Lipinski definition) is 1. The lowest BCUT2D eigenvalue weighted by molar-refractivity contribution is 0.103. The zero-order valence-corrected chi connectivity index (χ0v) is 46.1. The van der Waals surface area contributed by atoms with Gasteiger partial charge in [-0.25, -0.2) is 0 Å². The number of allylic oxidation sites excluding steroid dienone is 4. The van der Waals surface area contributed by atoms with Crippen LogP contribution in [0.15, 0.2) is 285 Å². The third kappa shape index (κ3) is 6.78. The monoisotopic (exact) mass is 1070 g/mol. The molecule has 0 amide bonds. The van der Waals surface area contributed by atoms with Crippen molar-refractivity contribution in [3.8, 4) is 11.4 Å². The van der Waals surface area contributed by atoms with Crippen LogP contribution in [-0.2, 0) is 0 Å². The maximum atomic E-state index is 15.8. The van der Waals surface area contributed by atoms with Gasteiger partial charge in [-0.05, 0) is 157 Å². The number of carbonyl (C=O) groups is 1. The topological polar surface area (TPSA) is 26.9 Å². The molecule has 3 heteroatoms. The summed E-state index contributed by atoms with van der Waals surface area (Å²) in [6.45, 7) is 2.28. The van der Waals surface area contributed by atoms with Gasteiger partial charge >= 0.3 is 0 Å². The Bertz CT molecular complexity index is 6150. The molecule has 0 N–H and O–H groups in total. The third-order valence-corrected chi connectivity index (χ3v) is 19.1. The lowest BCUT2D eigenvalue weighted by Gasteiger charge is -2.18. The number of rotatable bonds is 5. The molecule has 2 bridgehead atoms. The van der Waals surface area contributed by atoms with E-state index in [1.165, 1.54) is 64.6 Å². The van der Waals surface area contributed by atoms with Crippen molar-refractivity contribution in [2.24, 2.45) is 11.8 Å². The van der Waals surface area contributed by atoms with Gasteiger partial charge in [0.2, 0.25) is 0 Å². The fourth-order valence-electron chi connectivity index (χ4n) is 15.4. The van der Waals surface area contributed by atoms with E-state index in [1.54, 1.807) is 0 Å². The van der Waals surface area contributed by atoms with Crippen LogP contribution in [0.25, 0.3) is 55.0 Å². The Labute approximate surface area is 481 Å². The molecule has 14 aromatic rings. The van der Waals surface area contributed by atoms with Crippen LogP contribution in [0, 0.1) is 95.3 Å². The number of fused-ring (bicyclic) bond motifs is 16. The quantitative estimate of drug-likeness (QED) is 0.125. The zero-order valence-electron chi connectivity index (χ0n) is 46.1. The van der Waals surface area contributed by atoms with E-state index in [0.717, 1.165) is 85.0 Å². The third-order valence-electron chi connectivity index (χ3n) is 19.1. The van der Waals surface area contributed by atoms with Crippen LogP contribution < -0.4 is 0 Å². The number of benzene rings is 12. The highest BCUT2D eigenvalue weighted by Gasteiger charge is 2.38. The largest absolute Gasteiger partial charge is 0.309 e. The van der Waals surface area contributed by atoms with Crippen molar-refractivity contribution in [3.63, 3.8) is 0 Å². The van der Waals surface area contributed by atoms with Crippen LogP contribution in [0.4, 0.5) is 0 Å². The summed E-state index contributed by atoms with van der Waals surface area (Å²) in [7, 11) is 0. The van der Waals surface area contributed by atoms with Crippen LogP contribution in [0.2, 0.25) is 0 Å². The average Bonchev–Trinajstić information content (AvgIpc) is 2.53. The van der Waals surface area contributed by atoms with E-state index >= 15 is 4.79 Å². The molecule has 0 saturated carbocycles. The molecule has 2 heterocycles. The van der Waals surface area contributed by atoms with Crippen molar-refractivity contribution in [2.75, 3.05) is 0 Å². The van der Waals surface area contributed by atoms with Crippen molar-refractivity contribution >= 4 is 49.4 Å². The Kier molecular flexibility index (Phi) is 10.1. The smallest absolute Gasteiger partial charge is 0.193 e. The van der Waals surface area contributed by atoms with Crippen LogP contribution in [0.3, 0.4) is 0 Å². The second-order valence-corrected chi connectivity index (χ2v) is 23.4. The first kappa shape index (κ1) is 47.1. The van der Waals surface area contributed by atoms with Crippen LogP contribution in [0.5, 0.6) is 0 Å². The Morgan fingerprint density at radius 3 is 1.04 bits per heavy atom. The SMILES string of the molecule is CC1=CC2C=CC1C2c1ccc2c(c1)=c1ccccc1=c1ccccc1=c1cc(C(=O)c3ccc4c(c3)=c3cc(-n5c6ccccc6c6ccccc65)ccc3=c3ccc(-n5c6ccccc6c6ccccc65)cc3=c3ccccc3=4)ccc1=2. The fourth-order valence-corrected chi connectivity index (χ4v) is 15.4. The molecule has 3 atom stereocenters. The predicted molar refractivity (Wildman–Crippen MR) is 338 cm³/mol. The molecule has 4 aliphatic carbocycles. The van der Waals surface area contributed by atoms with Crippen molar-refractivity contribution in [1.82, 2.24) is 9.13 Å². The summed E-state index contributed by atoms with van der Waals surface area (Å²) in [5.74, 6) is 1.24. The molecule has 3 unspecified atom stereocenters. The minimum Gasteiger partial charge on any atom is -0.309 e. The summed E-state index contributed by atoms with van der Waals surface area (Å²) in [5.41, 5.74) is 10.9. The van der Waals surface area contributed by atoms with Gasteiger partial charge in [0.1, 0.15) is 0 Å². The summed E-state index contributed by atoms with van der Waals surface area (Å²) < 4.78 is 4.82. The number of ketones is 1. The molecule has 0 spiro atoms. The molecule has 0 aliphatic heterocycles. The highest BCUT2D eigenvalue weighted by atomic mass is 16.1. The number of carbonyl (C=O) groups excluding carboxylic acids is 1. The second kappa shape index (κ2) is 17.9. The molecule has 0 fully saturated rings. The minimum atomic E-state index is -0.0187. The molecule has 18 rings (SSSR count). The highest BCUT2D eigenvalue weighted by molar-refractivity contribution is 6.11. The molecule has 392 valence electrons. The minimum absolute atomic E-state index is 0.0187. The van der Waals surface area contributed by atoms with Gasteiger partial charge in [-0.1, -0.05) is 224 Å². The molecule has 4 aliphatic rings. The van der Waals surface area contributed by atoms with Gasteiger partial charge in [0.25, 0.3) is 0 Å². The van der Waals surface area contributed by atoms with Gasteiger partial charge in [0.15, 0.2) is 5.78 Å². The molecule has 2 aromatic heterocycles. The first-order valence-electron chi connectivity index (χ1n) is 29.4. The highest BCUT2D eigenvalue weighted by Crippen LogP contribution is 2.49. The van der Waals surface area contributed by atoms with Gasteiger partial charge in [-0.3, -0.25) is 4.79 Å². The molecule has 3 nitrogen and oxygen atoms in total. The van der Waals surface area contributed by atoms with E-state index in [1.807, 2.05) is 0 Å². The molecule has 0 radical (unpaired) electrons. The Morgan fingerprint density at radius 2 is 0.631 bits per heavy atom. The first-order valence-corrected chi connectivity index (χ1v) is 29.4. The fraction of sp³-hybridized carbons (Fsp3) is 0.0494. The summed E-state index contributed by atoms with van der Waals surface area (Å²) in [6.07, 6.45) is 7.27. The molecular weight excluding hydrogens is 1020 g/mol. The van der Waals surface area contributed by atoms with E-state index < -0.39 is 0 Å². The summed E-state index contributed by atoms with van der Waals surface area (Å²) in [4.78, 5) is 15.8. The van der Waals surface area contributed by atoms with E-state index in [9.17, 15) is 0 Å². The van der Waals surface area contributed by atoms with Gasteiger partial charge < -0.3 is 9.13 Å². The maximum Gasteiger partial charge on any atom is 0.193 e. The van der Waals surface area contributed by atoms with E-state index in [-0.39, 0.29) is 5.78 Å². The average molecular weight is 1070 g/mol. The van der Waals surface area contributed by atoms with Gasteiger partial charge in [0, 0.05) is 61.8 Å². The summed E-state index contributed by atoms with van der Waals surface area (Å²) >= 11 is 0. The van der Waals surface area contributed by atoms with Crippen molar-refractivity contribution in [3.05, 3.63) is 385 Å². The first-order chi connectivity index (χ1) is 41.5. The van der Waals surface area contributed by atoms with Crippen LogP contribution >= 0.6 is 0 Å². The van der Waals surface area contributed by atoms with Gasteiger partial charge in [-0.2, -0.15) is 0 Å². The lowest BCUT2D eigenvalue weighted by atomic mass is 9.85. The molecule has 84 heavy (non-hydrogen) atoms. The standard InChI is InChI=1S/C81H52N2O/c1-48-42-49-30-36-55(48)80(49)50-31-37-63-64-39-33-51(44-72(64)60-20-6-3-17-57(60)56-16-2-5-19-59(56)71(63)43-50)81(84)52-32-38-62-58-18-4-7-21-61(58)74-46-53(82-76-26-12-8-22-67(76)68-23-9-13-27-77(68)82)34-40-65(74)66-41-35-54(47-75(66)73(62)45-52)83-78-28-14-10-24-69(78)70-25-11-15-29-79(70)83/h2-47,49,55,80H,1H3. The van der Waals surface area contributed by atoms with Crippen LogP contribution in [-0.4, -0.2) is 14.9 Å². The molecular formula is C81H52N2O.